The van der Waals surface area contributed by atoms with Crippen molar-refractivity contribution in [1.82, 2.24) is 0 Å². The van der Waals surface area contributed by atoms with Gasteiger partial charge in [-0.1, -0.05) is 30.3 Å². The largest absolute Gasteiger partial charge is 0.495 e. The van der Waals surface area contributed by atoms with Crippen molar-refractivity contribution in [1.29, 1.82) is 0 Å². The third-order valence-corrected chi connectivity index (χ3v) is 5.47. The first-order valence-electron chi connectivity index (χ1n) is 8.21. The molecule has 0 bridgehead atoms. The highest BCUT2D eigenvalue weighted by Gasteiger charge is 2.24. The molecule has 0 aliphatic rings. The molecule has 6 nitrogen and oxygen atoms in total. The zero-order chi connectivity index (χ0) is 21.2. The van der Waals surface area contributed by atoms with Gasteiger partial charge in [-0.25, -0.2) is 22.0 Å². The van der Waals surface area contributed by atoms with Crippen LogP contribution in [0.25, 0.3) is 11.1 Å². The van der Waals surface area contributed by atoms with E-state index in [1.54, 1.807) is 30.3 Å². The summed E-state index contributed by atoms with van der Waals surface area (Å²) in [4.78, 5) is 10.7. The molecule has 3 rings (SSSR count). The molecule has 0 fully saturated rings. The minimum Gasteiger partial charge on any atom is -0.495 e. The Kier molecular flexibility index (Phi) is 5.51. The van der Waals surface area contributed by atoms with Gasteiger partial charge in [0.25, 0.3) is 10.0 Å². The van der Waals surface area contributed by atoms with E-state index in [-0.39, 0.29) is 16.9 Å². The number of methoxy groups -OCH3 is 1. The normalized spacial score (nSPS) is 11.1. The highest BCUT2D eigenvalue weighted by Crippen LogP contribution is 2.31. The number of hydrogen-bond acceptors (Lipinski definition) is 4. The van der Waals surface area contributed by atoms with E-state index in [2.05, 4.69) is 0 Å². The maximum Gasteiger partial charge on any atom is 0.335 e. The number of carboxylic acid groups (broad SMARTS) is 1. The first-order valence-corrected chi connectivity index (χ1v) is 9.70. The lowest BCUT2D eigenvalue weighted by atomic mass is 10.0. The summed E-state index contributed by atoms with van der Waals surface area (Å²) >= 11 is 0. The highest BCUT2D eigenvalue weighted by atomic mass is 32.2. The number of carboxylic acids is 1. The maximum absolute atomic E-state index is 14.3. The molecule has 0 aromatic heterocycles. The van der Waals surface area contributed by atoms with E-state index in [1.165, 1.54) is 19.2 Å². The minimum absolute atomic E-state index is 0.00375. The third kappa shape index (κ3) is 4.19. The number of carbonyl (C=O) groups is 1. The zero-order valence-electron chi connectivity index (χ0n) is 15.0. The van der Waals surface area contributed by atoms with E-state index in [0.29, 0.717) is 11.6 Å². The van der Waals surface area contributed by atoms with Crippen LogP contribution in [0.1, 0.15) is 10.4 Å². The summed E-state index contributed by atoms with van der Waals surface area (Å²) in [6, 6.07) is 13.1. The number of nitrogens with one attached hydrogen (secondary N) is 1. The fourth-order valence-electron chi connectivity index (χ4n) is 2.69. The maximum atomic E-state index is 14.3. The van der Waals surface area contributed by atoms with Crippen molar-refractivity contribution in [3.05, 3.63) is 77.9 Å². The van der Waals surface area contributed by atoms with Crippen LogP contribution < -0.4 is 9.46 Å². The summed E-state index contributed by atoms with van der Waals surface area (Å²) in [7, 11) is -3.24. The lowest BCUT2D eigenvalue weighted by Gasteiger charge is -2.14. The van der Waals surface area contributed by atoms with Gasteiger partial charge in [-0.3, -0.25) is 4.72 Å². The molecule has 0 saturated heterocycles. The van der Waals surface area contributed by atoms with E-state index in [1.807, 2.05) is 4.72 Å². The lowest BCUT2D eigenvalue weighted by molar-refractivity contribution is 0.0696. The van der Waals surface area contributed by atoms with Gasteiger partial charge in [-0.15, -0.1) is 0 Å². The second-order valence-corrected chi connectivity index (χ2v) is 7.61. The van der Waals surface area contributed by atoms with E-state index in [9.17, 15) is 22.0 Å². The first-order chi connectivity index (χ1) is 13.7. The number of hydrogen-bond donors (Lipinski definition) is 2. The summed E-state index contributed by atoms with van der Waals surface area (Å²) in [5.41, 5.74) is -0.365. The highest BCUT2D eigenvalue weighted by molar-refractivity contribution is 7.92. The van der Waals surface area contributed by atoms with Gasteiger partial charge < -0.3 is 9.84 Å². The van der Waals surface area contributed by atoms with Crippen LogP contribution in [0.2, 0.25) is 0 Å². The molecule has 0 unspecified atom stereocenters. The number of aromatic carboxylic acids is 1. The SMILES string of the molecule is COc1ccc(C(=O)O)cc1S(=O)(=O)Nc1cc(-c2ccccc2)c(F)cc1F. The molecule has 3 aromatic carbocycles. The van der Waals surface area contributed by atoms with Gasteiger partial charge in [-0.05, 0) is 29.8 Å². The predicted molar refractivity (Wildman–Crippen MR) is 103 cm³/mol. The Bertz CT molecular complexity index is 1180. The Hall–Kier alpha value is -3.46. The second kappa shape index (κ2) is 7.88. The van der Waals surface area contributed by atoms with E-state index < -0.39 is 38.2 Å². The average Bonchev–Trinajstić information content (AvgIpc) is 2.70. The quantitative estimate of drug-likeness (QED) is 0.627. The predicted octanol–water partition coefficient (Wildman–Crippen LogP) is 4.14. The number of anilines is 1. The molecule has 0 spiro atoms. The molecule has 2 N–H and O–H groups in total. The molecule has 150 valence electrons. The summed E-state index contributed by atoms with van der Waals surface area (Å²) in [6.45, 7) is 0. The Morgan fingerprint density at radius 2 is 1.69 bits per heavy atom. The smallest absolute Gasteiger partial charge is 0.335 e. The molecular weight excluding hydrogens is 404 g/mol. The fourth-order valence-corrected chi connectivity index (χ4v) is 3.94. The van der Waals surface area contributed by atoms with Gasteiger partial charge in [0, 0.05) is 11.6 Å². The van der Waals surface area contributed by atoms with Crippen molar-refractivity contribution in [2.24, 2.45) is 0 Å². The minimum atomic E-state index is -4.45. The molecular formula is C20H15F2NO5S. The van der Waals surface area contributed by atoms with E-state index in [4.69, 9.17) is 9.84 Å². The second-order valence-electron chi connectivity index (χ2n) is 5.95. The number of ether oxygens (including phenoxy) is 1. The Morgan fingerprint density at radius 3 is 2.31 bits per heavy atom. The Labute approximate surface area is 165 Å². The Balaban J connectivity index is 2.08. The van der Waals surface area contributed by atoms with Crippen molar-refractivity contribution in [3.63, 3.8) is 0 Å². The van der Waals surface area contributed by atoms with Crippen molar-refractivity contribution < 1.29 is 31.8 Å². The third-order valence-electron chi connectivity index (χ3n) is 4.09. The first kappa shape index (κ1) is 20.3. The fraction of sp³-hybridized carbons (Fsp3) is 0.0500. The molecule has 0 aliphatic carbocycles. The van der Waals surface area contributed by atoms with Gasteiger partial charge in [0.2, 0.25) is 0 Å². The van der Waals surface area contributed by atoms with Crippen LogP contribution in [-0.4, -0.2) is 26.6 Å². The molecule has 0 radical (unpaired) electrons. The average molecular weight is 419 g/mol. The van der Waals surface area contributed by atoms with Crippen LogP contribution in [0.15, 0.2) is 65.6 Å². The molecule has 0 atom stereocenters. The van der Waals surface area contributed by atoms with Gasteiger partial charge in [0.15, 0.2) is 0 Å². The topological polar surface area (TPSA) is 92.7 Å². The van der Waals surface area contributed by atoms with Crippen LogP contribution in [0.3, 0.4) is 0 Å². The van der Waals surface area contributed by atoms with E-state index in [0.717, 1.165) is 12.1 Å². The summed E-state index contributed by atoms with van der Waals surface area (Å²) in [6.07, 6.45) is 0. The molecule has 0 heterocycles. The lowest BCUT2D eigenvalue weighted by Crippen LogP contribution is -2.16. The monoisotopic (exact) mass is 419 g/mol. The molecule has 3 aromatic rings. The van der Waals surface area contributed by atoms with Crippen LogP contribution in [-0.2, 0) is 10.0 Å². The summed E-state index contributed by atoms with van der Waals surface area (Å²) in [5.74, 6) is -3.46. The zero-order valence-corrected chi connectivity index (χ0v) is 15.8. The van der Waals surface area contributed by atoms with Crippen molar-refractivity contribution >= 4 is 21.7 Å². The van der Waals surface area contributed by atoms with Crippen LogP contribution >= 0.6 is 0 Å². The standard InChI is InChI=1S/C20H15F2NO5S/c1-28-18-8-7-13(20(24)25)9-19(18)29(26,27)23-17-10-14(15(21)11-16(17)22)12-5-3-2-4-6-12/h2-11,23H,1H3,(H,24,25). The van der Waals surface area contributed by atoms with Gasteiger partial charge in [0.1, 0.15) is 22.3 Å². The molecule has 0 saturated carbocycles. The Morgan fingerprint density at radius 1 is 1.00 bits per heavy atom. The van der Waals surface area contributed by atoms with Gasteiger partial charge in [-0.2, -0.15) is 0 Å². The van der Waals surface area contributed by atoms with Crippen LogP contribution in [0.5, 0.6) is 5.75 Å². The molecule has 29 heavy (non-hydrogen) atoms. The molecule has 9 heteroatoms. The molecule has 0 aliphatic heterocycles. The van der Waals surface area contributed by atoms with Gasteiger partial charge >= 0.3 is 5.97 Å². The van der Waals surface area contributed by atoms with Gasteiger partial charge in [0.05, 0.1) is 18.4 Å². The van der Waals surface area contributed by atoms with Crippen molar-refractivity contribution in [2.75, 3.05) is 11.8 Å². The number of halogens is 2. The molecule has 0 amide bonds. The van der Waals surface area contributed by atoms with Crippen LogP contribution in [0, 0.1) is 11.6 Å². The van der Waals surface area contributed by atoms with Crippen molar-refractivity contribution in [2.45, 2.75) is 4.90 Å². The summed E-state index contributed by atoms with van der Waals surface area (Å²) < 4.78 is 61.1. The van der Waals surface area contributed by atoms with Crippen LogP contribution in [0.4, 0.5) is 14.5 Å². The number of benzene rings is 3. The number of rotatable bonds is 6. The number of sulfonamides is 1. The van der Waals surface area contributed by atoms with E-state index >= 15 is 0 Å². The summed E-state index contributed by atoms with van der Waals surface area (Å²) in [5, 5.41) is 9.11. The van der Waals surface area contributed by atoms with Crippen molar-refractivity contribution in [3.8, 4) is 16.9 Å².